The van der Waals surface area contributed by atoms with E-state index in [4.69, 9.17) is 11.6 Å². The number of benzene rings is 2. The molecule has 0 spiro atoms. The first-order valence-corrected chi connectivity index (χ1v) is 6.89. The first-order valence-electron chi connectivity index (χ1n) is 6.51. The lowest BCUT2D eigenvalue weighted by Gasteiger charge is -2.09. The number of hydrogen-bond donors (Lipinski definition) is 0. The third-order valence-electron chi connectivity index (χ3n) is 2.86. The third kappa shape index (κ3) is 5.10. The first-order chi connectivity index (χ1) is 10.9. The Morgan fingerprint density at radius 1 is 1.04 bits per heavy atom. The van der Waals surface area contributed by atoms with Gasteiger partial charge < -0.3 is 4.84 Å². The van der Waals surface area contributed by atoms with Crippen LogP contribution in [-0.4, -0.2) is 17.9 Å². The van der Waals surface area contributed by atoms with Crippen LogP contribution in [-0.2, 0) is 11.3 Å². The zero-order valence-electron chi connectivity index (χ0n) is 11.7. The molecule has 23 heavy (non-hydrogen) atoms. The fraction of sp³-hybridized carbons (Fsp3) is 0.125. The van der Waals surface area contributed by atoms with Gasteiger partial charge in [-0.2, -0.15) is 13.2 Å². The standard InChI is InChI=1S/C16H11ClF3NO2/c17-13-8-6-12(7-9-13)15(22)23-21-14(16(18,19)20)10-11-4-2-1-3-5-11/h1-9H,10H2/b21-14+. The van der Waals surface area contributed by atoms with Crippen LogP contribution in [0.25, 0.3) is 0 Å². The van der Waals surface area contributed by atoms with Crippen LogP contribution in [0.1, 0.15) is 15.9 Å². The number of halogens is 4. The Morgan fingerprint density at radius 2 is 1.65 bits per heavy atom. The van der Waals surface area contributed by atoms with Crippen LogP contribution in [0.4, 0.5) is 13.2 Å². The molecule has 0 atom stereocenters. The maximum atomic E-state index is 13.0. The maximum Gasteiger partial charge on any atom is 0.433 e. The van der Waals surface area contributed by atoms with Gasteiger partial charge in [0.25, 0.3) is 0 Å². The van der Waals surface area contributed by atoms with Crippen molar-refractivity contribution in [1.29, 1.82) is 0 Å². The summed E-state index contributed by atoms with van der Waals surface area (Å²) >= 11 is 5.67. The van der Waals surface area contributed by atoms with Gasteiger partial charge in [0, 0.05) is 11.4 Å². The number of nitrogens with zero attached hydrogens (tertiary/aromatic N) is 1. The minimum Gasteiger partial charge on any atom is -0.313 e. The average Bonchev–Trinajstić information content (AvgIpc) is 2.51. The van der Waals surface area contributed by atoms with Gasteiger partial charge in [-0.25, -0.2) is 4.79 Å². The molecule has 0 aliphatic heterocycles. The molecule has 2 rings (SSSR count). The van der Waals surface area contributed by atoms with Gasteiger partial charge in [-0.3, -0.25) is 0 Å². The largest absolute Gasteiger partial charge is 0.433 e. The van der Waals surface area contributed by atoms with E-state index in [9.17, 15) is 18.0 Å². The highest BCUT2D eigenvalue weighted by molar-refractivity contribution is 6.30. The molecule has 0 heterocycles. The second-order valence-corrected chi connectivity index (χ2v) is 5.02. The van der Waals surface area contributed by atoms with E-state index in [-0.39, 0.29) is 5.56 Å². The number of oxime groups is 1. The summed E-state index contributed by atoms with van der Waals surface area (Å²) in [4.78, 5) is 16.1. The molecule has 120 valence electrons. The molecule has 0 aliphatic rings. The van der Waals surface area contributed by atoms with Gasteiger partial charge in [0.1, 0.15) is 0 Å². The molecule has 0 aliphatic carbocycles. The zero-order valence-corrected chi connectivity index (χ0v) is 12.4. The molecule has 2 aromatic rings. The minimum absolute atomic E-state index is 0.0550. The molecule has 7 heteroatoms. The highest BCUT2D eigenvalue weighted by atomic mass is 35.5. The molecule has 3 nitrogen and oxygen atoms in total. The lowest BCUT2D eigenvalue weighted by atomic mass is 10.1. The predicted molar refractivity (Wildman–Crippen MR) is 80.5 cm³/mol. The maximum absolute atomic E-state index is 13.0. The first kappa shape index (κ1) is 17.0. The van der Waals surface area contributed by atoms with E-state index in [1.807, 2.05) is 0 Å². The van der Waals surface area contributed by atoms with Crippen molar-refractivity contribution in [2.45, 2.75) is 12.6 Å². The van der Waals surface area contributed by atoms with Crippen LogP contribution >= 0.6 is 11.6 Å². The van der Waals surface area contributed by atoms with Gasteiger partial charge in [-0.05, 0) is 29.8 Å². The van der Waals surface area contributed by atoms with Crippen molar-refractivity contribution >= 4 is 23.3 Å². The van der Waals surface area contributed by atoms with Crippen LogP contribution in [0, 0.1) is 0 Å². The highest BCUT2D eigenvalue weighted by Gasteiger charge is 2.36. The Labute approximate surface area is 135 Å². The predicted octanol–water partition coefficient (Wildman–Crippen LogP) is 4.66. The Morgan fingerprint density at radius 3 is 2.22 bits per heavy atom. The Bertz CT molecular complexity index is 698. The summed E-state index contributed by atoms with van der Waals surface area (Å²) in [5.74, 6) is -0.989. The van der Waals surface area contributed by atoms with E-state index in [0.717, 1.165) is 0 Å². The minimum atomic E-state index is -4.70. The lowest BCUT2D eigenvalue weighted by Crippen LogP contribution is -2.26. The number of carbonyl (C=O) groups is 1. The molecular weight excluding hydrogens is 331 g/mol. The van der Waals surface area contributed by atoms with Crippen molar-refractivity contribution in [3.05, 3.63) is 70.7 Å². The molecule has 0 saturated carbocycles. The number of hydrogen-bond acceptors (Lipinski definition) is 3. The van der Waals surface area contributed by atoms with Crippen molar-refractivity contribution < 1.29 is 22.8 Å². The molecule has 0 unspecified atom stereocenters. The van der Waals surface area contributed by atoms with E-state index < -0.39 is 24.3 Å². The summed E-state index contributed by atoms with van der Waals surface area (Å²) in [5, 5.41) is 3.39. The van der Waals surface area contributed by atoms with Gasteiger partial charge in [-0.15, -0.1) is 0 Å². The Kier molecular flexibility index (Phi) is 5.39. The van der Waals surface area contributed by atoms with Gasteiger partial charge in [0.05, 0.1) is 5.56 Å². The van der Waals surface area contributed by atoms with Crippen LogP contribution in [0.3, 0.4) is 0 Å². The van der Waals surface area contributed by atoms with E-state index in [2.05, 4.69) is 9.99 Å². The quantitative estimate of drug-likeness (QED) is 0.461. The second kappa shape index (κ2) is 7.28. The number of alkyl halides is 3. The SMILES string of the molecule is O=C(O/N=C(\Cc1ccccc1)C(F)(F)F)c1ccc(Cl)cc1. The van der Waals surface area contributed by atoms with Crippen molar-refractivity contribution in [3.63, 3.8) is 0 Å². The second-order valence-electron chi connectivity index (χ2n) is 4.58. The molecule has 0 bridgehead atoms. The summed E-state index contributed by atoms with van der Waals surface area (Å²) in [7, 11) is 0. The van der Waals surface area contributed by atoms with Gasteiger partial charge >= 0.3 is 12.1 Å². The number of rotatable bonds is 4. The van der Waals surface area contributed by atoms with Crippen molar-refractivity contribution in [2.24, 2.45) is 5.16 Å². The fourth-order valence-electron chi connectivity index (χ4n) is 1.71. The fourth-order valence-corrected chi connectivity index (χ4v) is 1.83. The molecule has 0 radical (unpaired) electrons. The summed E-state index contributed by atoms with van der Waals surface area (Å²) in [6.07, 6.45) is -5.19. The normalized spacial score (nSPS) is 12.1. The molecule has 0 fully saturated rings. The molecule has 0 N–H and O–H groups in total. The summed E-state index contributed by atoms with van der Waals surface area (Å²) in [6.45, 7) is 0. The van der Waals surface area contributed by atoms with Crippen LogP contribution in [0.15, 0.2) is 59.8 Å². The molecule has 0 aromatic heterocycles. The van der Waals surface area contributed by atoms with Crippen LogP contribution in [0.5, 0.6) is 0 Å². The van der Waals surface area contributed by atoms with E-state index >= 15 is 0 Å². The van der Waals surface area contributed by atoms with Crippen molar-refractivity contribution in [1.82, 2.24) is 0 Å². The van der Waals surface area contributed by atoms with Crippen molar-refractivity contribution in [2.75, 3.05) is 0 Å². The van der Waals surface area contributed by atoms with E-state index in [0.29, 0.717) is 10.6 Å². The van der Waals surface area contributed by atoms with Crippen molar-refractivity contribution in [3.8, 4) is 0 Å². The lowest BCUT2D eigenvalue weighted by molar-refractivity contribution is -0.0626. The summed E-state index contributed by atoms with van der Waals surface area (Å²) in [5.41, 5.74) is -0.725. The van der Waals surface area contributed by atoms with Crippen LogP contribution in [0.2, 0.25) is 5.02 Å². The summed E-state index contributed by atoms with van der Waals surface area (Å²) in [6, 6.07) is 13.5. The molecule has 0 saturated heterocycles. The van der Waals surface area contributed by atoms with Gasteiger partial charge in [-0.1, -0.05) is 47.1 Å². The molecule has 2 aromatic carbocycles. The molecular formula is C16H11ClF3NO2. The van der Waals surface area contributed by atoms with Crippen LogP contribution < -0.4 is 0 Å². The topological polar surface area (TPSA) is 38.7 Å². The smallest absolute Gasteiger partial charge is 0.313 e. The highest BCUT2D eigenvalue weighted by Crippen LogP contribution is 2.21. The molecule has 0 amide bonds. The Hall–Kier alpha value is -2.34. The van der Waals surface area contributed by atoms with E-state index in [1.54, 1.807) is 18.2 Å². The monoisotopic (exact) mass is 341 g/mol. The summed E-state index contributed by atoms with van der Waals surface area (Å²) < 4.78 is 38.9. The average molecular weight is 342 g/mol. The van der Waals surface area contributed by atoms with Gasteiger partial charge in [0.2, 0.25) is 0 Å². The van der Waals surface area contributed by atoms with E-state index in [1.165, 1.54) is 36.4 Å². The Balaban J connectivity index is 2.14. The third-order valence-corrected chi connectivity index (χ3v) is 3.11. The number of carbonyl (C=O) groups excluding carboxylic acids is 1. The zero-order chi connectivity index (χ0) is 16.9. The van der Waals surface area contributed by atoms with Gasteiger partial charge in [0.15, 0.2) is 5.71 Å².